The van der Waals surface area contributed by atoms with Crippen molar-refractivity contribution in [3.63, 3.8) is 0 Å². The van der Waals surface area contributed by atoms with Crippen LogP contribution in [0.25, 0.3) is 0 Å². The molecule has 1 fully saturated rings. The lowest BCUT2D eigenvalue weighted by Crippen LogP contribution is -2.17. The number of benzene rings is 2. The van der Waals surface area contributed by atoms with E-state index in [1.165, 1.54) is 0 Å². The van der Waals surface area contributed by atoms with E-state index in [2.05, 4.69) is 0 Å². The Morgan fingerprint density at radius 2 is 1.62 bits per heavy atom. The van der Waals surface area contributed by atoms with Gasteiger partial charge in [0.1, 0.15) is 12.4 Å². The molecule has 1 heterocycles. The lowest BCUT2D eigenvalue weighted by molar-refractivity contribution is -0.183. The third-order valence-electron chi connectivity index (χ3n) is 3.30. The summed E-state index contributed by atoms with van der Waals surface area (Å²) in [6.45, 7) is 2.02. The third kappa shape index (κ3) is 3.97. The maximum Gasteiger partial charge on any atom is 0.183 e. The summed E-state index contributed by atoms with van der Waals surface area (Å²) in [6, 6.07) is 15.5. The molecule has 0 bridgehead atoms. The topological polar surface area (TPSA) is 27.7 Å². The van der Waals surface area contributed by atoms with E-state index in [1.54, 1.807) is 0 Å². The quantitative estimate of drug-likeness (QED) is 0.840. The zero-order chi connectivity index (χ0) is 14.5. The zero-order valence-corrected chi connectivity index (χ0v) is 12.4. The van der Waals surface area contributed by atoms with Crippen LogP contribution in [0, 0.1) is 0 Å². The van der Waals surface area contributed by atoms with Crippen LogP contribution in [0.3, 0.4) is 0 Å². The van der Waals surface area contributed by atoms with Crippen molar-refractivity contribution in [2.45, 2.75) is 19.3 Å². The summed E-state index contributed by atoms with van der Waals surface area (Å²) in [7, 11) is 0. The normalized spacial score (nSPS) is 15.9. The first kappa shape index (κ1) is 14.4. The molecule has 3 rings (SSSR count). The van der Waals surface area contributed by atoms with Gasteiger partial charge in [-0.1, -0.05) is 35.9 Å². The van der Waals surface area contributed by atoms with Crippen LogP contribution >= 0.6 is 11.6 Å². The molecule has 2 aromatic rings. The molecule has 1 aliphatic rings. The van der Waals surface area contributed by atoms with Gasteiger partial charge in [0.2, 0.25) is 0 Å². The molecule has 0 aromatic heterocycles. The Balaban J connectivity index is 1.57. The van der Waals surface area contributed by atoms with E-state index in [9.17, 15) is 0 Å². The summed E-state index contributed by atoms with van der Waals surface area (Å²) in [5.41, 5.74) is 2.11. The van der Waals surface area contributed by atoms with Crippen molar-refractivity contribution < 1.29 is 14.2 Å². The molecule has 0 unspecified atom stereocenters. The highest BCUT2D eigenvalue weighted by molar-refractivity contribution is 6.30. The standard InChI is InChI=1S/C17H17ClO3/c18-15-6-2-13(3-7-15)12-21-16-8-4-14(5-9-16)17-19-10-1-11-20-17/h2-9,17H,1,10-12H2. The maximum atomic E-state index is 5.86. The van der Waals surface area contributed by atoms with E-state index in [-0.39, 0.29) is 6.29 Å². The first-order valence-corrected chi connectivity index (χ1v) is 7.39. The van der Waals surface area contributed by atoms with Gasteiger partial charge in [0.05, 0.1) is 13.2 Å². The molecule has 1 aliphatic heterocycles. The van der Waals surface area contributed by atoms with Crippen molar-refractivity contribution >= 4 is 11.6 Å². The van der Waals surface area contributed by atoms with Gasteiger partial charge in [-0.15, -0.1) is 0 Å². The SMILES string of the molecule is Clc1ccc(COc2ccc(C3OCCCO3)cc2)cc1. The number of hydrogen-bond donors (Lipinski definition) is 0. The minimum atomic E-state index is -0.246. The molecule has 0 amide bonds. The van der Waals surface area contributed by atoms with Gasteiger partial charge in [-0.05, 0) is 36.2 Å². The molecule has 110 valence electrons. The molecule has 2 aromatic carbocycles. The van der Waals surface area contributed by atoms with Crippen LogP contribution in [0.1, 0.15) is 23.8 Å². The summed E-state index contributed by atoms with van der Waals surface area (Å²) in [4.78, 5) is 0. The number of ether oxygens (including phenoxy) is 3. The van der Waals surface area contributed by atoms with Crippen molar-refractivity contribution in [1.82, 2.24) is 0 Å². The molecule has 0 N–H and O–H groups in total. The van der Waals surface area contributed by atoms with Crippen molar-refractivity contribution in [3.05, 3.63) is 64.7 Å². The van der Waals surface area contributed by atoms with Gasteiger partial charge in [-0.25, -0.2) is 0 Å². The molecular weight excluding hydrogens is 288 g/mol. The Morgan fingerprint density at radius 3 is 2.29 bits per heavy atom. The molecular formula is C17H17ClO3. The fraction of sp³-hybridized carbons (Fsp3) is 0.294. The lowest BCUT2D eigenvalue weighted by Gasteiger charge is -2.23. The first-order chi connectivity index (χ1) is 10.3. The molecule has 21 heavy (non-hydrogen) atoms. The molecule has 0 atom stereocenters. The maximum absolute atomic E-state index is 5.86. The van der Waals surface area contributed by atoms with Gasteiger partial charge in [-0.2, -0.15) is 0 Å². The highest BCUT2D eigenvalue weighted by Gasteiger charge is 2.16. The van der Waals surface area contributed by atoms with Crippen molar-refractivity contribution in [2.24, 2.45) is 0 Å². The zero-order valence-electron chi connectivity index (χ0n) is 11.6. The van der Waals surface area contributed by atoms with Crippen LogP contribution in [-0.2, 0) is 16.1 Å². The van der Waals surface area contributed by atoms with Gasteiger partial charge in [-0.3, -0.25) is 0 Å². The second-order valence-corrected chi connectivity index (χ2v) is 5.35. The van der Waals surface area contributed by atoms with Gasteiger partial charge in [0.15, 0.2) is 6.29 Å². The van der Waals surface area contributed by atoms with Crippen molar-refractivity contribution in [1.29, 1.82) is 0 Å². The molecule has 0 radical (unpaired) electrons. The van der Waals surface area contributed by atoms with E-state index in [4.69, 9.17) is 25.8 Å². The van der Waals surface area contributed by atoms with Crippen LogP contribution in [0.15, 0.2) is 48.5 Å². The number of hydrogen-bond acceptors (Lipinski definition) is 3. The molecule has 3 nitrogen and oxygen atoms in total. The summed E-state index contributed by atoms with van der Waals surface area (Å²) in [5.74, 6) is 0.824. The van der Waals surface area contributed by atoms with E-state index >= 15 is 0 Å². The summed E-state index contributed by atoms with van der Waals surface area (Å²) in [5, 5.41) is 0.732. The molecule has 0 saturated carbocycles. The van der Waals surface area contributed by atoms with Crippen LogP contribution in [0.2, 0.25) is 5.02 Å². The predicted molar refractivity (Wildman–Crippen MR) is 81.5 cm³/mol. The smallest absolute Gasteiger partial charge is 0.183 e. The van der Waals surface area contributed by atoms with Gasteiger partial charge >= 0.3 is 0 Å². The lowest BCUT2D eigenvalue weighted by atomic mass is 10.2. The average molecular weight is 305 g/mol. The van der Waals surface area contributed by atoms with E-state index in [1.807, 2.05) is 48.5 Å². The largest absolute Gasteiger partial charge is 0.489 e. The minimum absolute atomic E-state index is 0.246. The molecule has 0 spiro atoms. The van der Waals surface area contributed by atoms with Crippen LogP contribution in [0.5, 0.6) is 5.75 Å². The molecule has 0 aliphatic carbocycles. The molecule has 4 heteroatoms. The fourth-order valence-electron chi connectivity index (χ4n) is 2.15. The van der Waals surface area contributed by atoms with Crippen LogP contribution in [0.4, 0.5) is 0 Å². The van der Waals surface area contributed by atoms with Crippen molar-refractivity contribution in [3.8, 4) is 5.75 Å². The Kier molecular flexibility index (Phi) is 4.76. The monoisotopic (exact) mass is 304 g/mol. The Morgan fingerprint density at radius 1 is 0.952 bits per heavy atom. The van der Waals surface area contributed by atoms with Gasteiger partial charge < -0.3 is 14.2 Å². The van der Waals surface area contributed by atoms with E-state index in [0.717, 1.165) is 41.5 Å². The average Bonchev–Trinajstić information content (AvgIpc) is 2.56. The fourth-order valence-corrected chi connectivity index (χ4v) is 2.27. The Bertz CT molecular complexity index is 560. The Hall–Kier alpha value is -1.55. The highest BCUT2D eigenvalue weighted by atomic mass is 35.5. The van der Waals surface area contributed by atoms with Crippen molar-refractivity contribution in [2.75, 3.05) is 13.2 Å². The highest BCUT2D eigenvalue weighted by Crippen LogP contribution is 2.25. The van der Waals surface area contributed by atoms with Crippen LogP contribution < -0.4 is 4.74 Å². The summed E-state index contributed by atoms with van der Waals surface area (Å²) in [6.07, 6.45) is 0.711. The summed E-state index contributed by atoms with van der Waals surface area (Å²) >= 11 is 5.86. The van der Waals surface area contributed by atoms with Gasteiger partial charge in [0.25, 0.3) is 0 Å². The first-order valence-electron chi connectivity index (χ1n) is 7.02. The number of rotatable bonds is 4. The van der Waals surface area contributed by atoms with Gasteiger partial charge in [0, 0.05) is 10.6 Å². The molecule has 1 saturated heterocycles. The predicted octanol–water partition coefficient (Wildman–Crippen LogP) is 4.35. The summed E-state index contributed by atoms with van der Waals surface area (Å²) < 4.78 is 16.9. The Labute approximate surface area is 129 Å². The van der Waals surface area contributed by atoms with Crippen LogP contribution in [-0.4, -0.2) is 13.2 Å². The second-order valence-electron chi connectivity index (χ2n) is 4.91. The van der Waals surface area contributed by atoms with E-state index < -0.39 is 0 Å². The minimum Gasteiger partial charge on any atom is -0.489 e. The second kappa shape index (κ2) is 6.94. The number of halogens is 1. The van der Waals surface area contributed by atoms with E-state index in [0.29, 0.717) is 6.61 Å². The third-order valence-corrected chi connectivity index (χ3v) is 3.55.